The van der Waals surface area contributed by atoms with Gasteiger partial charge in [-0.3, -0.25) is 4.79 Å². The van der Waals surface area contributed by atoms with Gasteiger partial charge in [-0.1, -0.05) is 11.3 Å². The maximum Gasteiger partial charge on any atom is 0.358 e. The average molecular weight is 302 g/mol. The van der Waals surface area contributed by atoms with Gasteiger partial charge >= 0.3 is 5.97 Å². The number of esters is 1. The number of carbonyl (C=O) groups excluding carboxylic acids is 2. The van der Waals surface area contributed by atoms with Crippen molar-refractivity contribution in [2.45, 2.75) is 25.5 Å². The van der Waals surface area contributed by atoms with Crippen LogP contribution in [0.3, 0.4) is 0 Å². The lowest BCUT2D eigenvalue weighted by Crippen LogP contribution is -2.25. The van der Waals surface area contributed by atoms with E-state index < -0.39 is 5.97 Å². The van der Waals surface area contributed by atoms with Crippen LogP contribution in [0.2, 0.25) is 0 Å². The normalized spacial score (nSPS) is 11.2. The van der Waals surface area contributed by atoms with Crippen molar-refractivity contribution in [1.82, 2.24) is 4.98 Å². The molecule has 0 saturated heterocycles. The molecule has 0 atom stereocenters. The van der Waals surface area contributed by atoms with Crippen LogP contribution in [0.1, 0.15) is 40.9 Å². The van der Waals surface area contributed by atoms with Gasteiger partial charge in [0.2, 0.25) is 0 Å². The van der Waals surface area contributed by atoms with Crippen molar-refractivity contribution in [3.05, 3.63) is 10.6 Å². The summed E-state index contributed by atoms with van der Waals surface area (Å²) < 4.78 is 4.68. The number of Topliss-reactive ketones (excluding diaryl/α,β-unsaturated/α-hetero) is 1. The van der Waals surface area contributed by atoms with E-state index in [-0.39, 0.29) is 16.2 Å². The molecule has 0 radical (unpaired) electrons. The zero-order chi connectivity index (χ0) is 14.6. The number of thiazole rings is 1. The highest BCUT2D eigenvalue weighted by Crippen LogP contribution is 2.27. The quantitative estimate of drug-likeness (QED) is 0.643. The van der Waals surface area contributed by atoms with Crippen LogP contribution < -0.4 is 5.32 Å². The first kappa shape index (κ1) is 16.0. The molecular weight excluding hydrogens is 284 g/mol. The smallest absolute Gasteiger partial charge is 0.358 e. The lowest BCUT2D eigenvalue weighted by Gasteiger charge is -2.21. The fourth-order valence-electron chi connectivity index (χ4n) is 1.23. The second-order valence-corrected chi connectivity index (χ2v) is 7.07. The molecule has 0 spiro atoms. The number of ketones is 1. The fourth-order valence-corrected chi connectivity index (χ4v) is 2.29. The molecule has 1 rings (SSSR count). The molecule has 0 amide bonds. The van der Waals surface area contributed by atoms with Gasteiger partial charge in [0, 0.05) is 18.2 Å². The largest absolute Gasteiger partial charge is 0.464 e. The number of ether oxygens (including phenoxy) is 1. The van der Waals surface area contributed by atoms with E-state index in [1.54, 1.807) is 11.8 Å². The number of methoxy groups -OCH3 is 1. The van der Waals surface area contributed by atoms with Gasteiger partial charge in [0.05, 0.1) is 7.11 Å². The summed E-state index contributed by atoms with van der Waals surface area (Å²) in [6.07, 6.45) is 2.03. The predicted octanol–water partition coefficient (Wildman–Crippen LogP) is 2.69. The second-order valence-electron chi connectivity index (χ2n) is 4.56. The minimum Gasteiger partial charge on any atom is -0.464 e. The van der Waals surface area contributed by atoms with Crippen LogP contribution in [0, 0.1) is 0 Å². The number of thioether (sulfide) groups is 1. The molecule has 1 heterocycles. The average Bonchev–Trinajstić information content (AvgIpc) is 2.80. The summed E-state index contributed by atoms with van der Waals surface area (Å²) in [5.41, 5.74) is 0.0875. The fraction of sp³-hybridized carbons (Fsp3) is 0.583. The first-order valence-corrected chi connectivity index (χ1v) is 7.74. The summed E-state index contributed by atoms with van der Waals surface area (Å²) in [5.74, 6) is -0.770. The summed E-state index contributed by atoms with van der Waals surface area (Å²) in [5, 5.41) is 3.72. The monoisotopic (exact) mass is 302 g/mol. The number of aromatic nitrogens is 1. The number of nitrogens with zero attached hydrogens (tertiary/aromatic N) is 1. The number of carbonyl (C=O) groups is 2. The van der Waals surface area contributed by atoms with Crippen LogP contribution in [0.5, 0.6) is 0 Å². The standard InChI is InChI=1S/C12H18N2O3S2/c1-7(15)9-8(10(16)17-4)14-11(19-9)13-6-12(2,3)18-5/h6H2,1-5H3,(H,13,14). The van der Waals surface area contributed by atoms with Crippen molar-refractivity contribution in [1.29, 1.82) is 0 Å². The van der Waals surface area contributed by atoms with Gasteiger partial charge < -0.3 is 10.1 Å². The minimum atomic E-state index is -0.585. The van der Waals surface area contributed by atoms with Crippen LogP contribution in [0.25, 0.3) is 0 Å². The van der Waals surface area contributed by atoms with Gasteiger partial charge in [0.1, 0.15) is 4.88 Å². The third-order valence-corrected chi connectivity index (χ3v) is 4.91. The Morgan fingerprint density at radius 2 is 2.11 bits per heavy atom. The molecule has 0 saturated carbocycles. The molecule has 0 fully saturated rings. The molecule has 1 aromatic rings. The number of nitrogens with one attached hydrogen (secondary N) is 1. The van der Waals surface area contributed by atoms with Crippen molar-refractivity contribution < 1.29 is 14.3 Å². The zero-order valence-electron chi connectivity index (χ0n) is 11.7. The third-order valence-electron chi connectivity index (χ3n) is 2.54. The lowest BCUT2D eigenvalue weighted by atomic mass is 10.2. The van der Waals surface area contributed by atoms with E-state index >= 15 is 0 Å². The molecule has 106 valence electrons. The molecule has 7 heteroatoms. The van der Waals surface area contributed by atoms with Crippen molar-refractivity contribution in [2.75, 3.05) is 25.2 Å². The number of rotatable bonds is 6. The molecule has 5 nitrogen and oxygen atoms in total. The summed E-state index contributed by atoms with van der Waals surface area (Å²) in [6, 6.07) is 0. The van der Waals surface area contributed by atoms with Gasteiger partial charge in [-0.2, -0.15) is 11.8 Å². The molecule has 1 N–H and O–H groups in total. The van der Waals surface area contributed by atoms with Gasteiger partial charge in [-0.15, -0.1) is 0 Å². The van der Waals surface area contributed by atoms with Crippen molar-refractivity contribution in [3.8, 4) is 0 Å². The maximum absolute atomic E-state index is 11.5. The highest BCUT2D eigenvalue weighted by molar-refractivity contribution is 7.99. The molecule has 1 aromatic heterocycles. The van der Waals surface area contributed by atoms with Crippen LogP contribution in [-0.4, -0.2) is 41.4 Å². The number of anilines is 1. The van der Waals surface area contributed by atoms with E-state index in [0.29, 0.717) is 16.6 Å². The molecule has 0 aliphatic carbocycles. The lowest BCUT2D eigenvalue weighted by molar-refractivity contribution is 0.0591. The predicted molar refractivity (Wildman–Crippen MR) is 79.5 cm³/mol. The summed E-state index contributed by atoms with van der Waals surface area (Å²) in [4.78, 5) is 27.5. The van der Waals surface area contributed by atoms with E-state index in [4.69, 9.17) is 0 Å². The highest BCUT2D eigenvalue weighted by Gasteiger charge is 2.23. The summed E-state index contributed by atoms with van der Waals surface area (Å²) in [6.45, 7) is 6.31. The Kier molecular flexibility index (Phi) is 5.37. The van der Waals surface area contributed by atoms with Gasteiger partial charge in [0.15, 0.2) is 16.6 Å². The molecule has 0 bridgehead atoms. The zero-order valence-corrected chi connectivity index (χ0v) is 13.3. The van der Waals surface area contributed by atoms with E-state index in [0.717, 1.165) is 0 Å². The van der Waals surface area contributed by atoms with Crippen molar-refractivity contribution in [3.63, 3.8) is 0 Å². The van der Waals surface area contributed by atoms with Crippen LogP contribution in [-0.2, 0) is 4.74 Å². The van der Waals surface area contributed by atoms with Crippen molar-refractivity contribution in [2.24, 2.45) is 0 Å². The Labute approximate surface area is 121 Å². The van der Waals surface area contributed by atoms with E-state index in [2.05, 4.69) is 28.9 Å². The number of hydrogen-bond donors (Lipinski definition) is 1. The Morgan fingerprint density at radius 3 is 2.58 bits per heavy atom. The van der Waals surface area contributed by atoms with Crippen LogP contribution in [0.4, 0.5) is 5.13 Å². The maximum atomic E-state index is 11.5. The van der Waals surface area contributed by atoms with Crippen molar-refractivity contribution >= 4 is 40.0 Å². The van der Waals surface area contributed by atoms with E-state index in [9.17, 15) is 9.59 Å². The second kappa shape index (κ2) is 6.38. The van der Waals surface area contributed by atoms with E-state index in [1.165, 1.54) is 25.4 Å². The van der Waals surface area contributed by atoms with Gasteiger partial charge in [-0.25, -0.2) is 9.78 Å². The molecule has 0 aliphatic rings. The highest BCUT2D eigenvalue weighted by atomic mass is 32.2. The molecule has 0 aliphatic heterocycles. The number of hydrogen-bond acceptors (Lipinski definition) is 7. The van der Waals surface area contributed by atoms with Gasteiger partial charge in [-0.05, 0) is 20.1 Å². The summed E-state index contributed by atoms with van der Waals surface area (Å²) in [7, 11) is 1.27. The van der Waals surface area contributed by atoms with Gasteiger partial charge in [0.25, 0.3) is 0 Å². The minimum absolute atomic E-state index is 0.0491. The topological polar surface area (TPSA) is 68.3 Å². The molecule has 0 aromatic carbocycles. The Bertz CT molecular complexity index is 483. The Balaban J connectivity index is 2.93. The summed E-state index contributed by atoms with van der Waals surface area (Å²) >= 11 is 2.91. The van der Waals surface area contributed by atoms with Crippen LogP contribution >= 0.6 is 23.1 Å². The first-order chi connectivity index (χ1) is 8.80. The third kappa shape index (κ3) is 4.21. The molecule has 0 unspecified atom stereocenters. The molecular formula is C12H18N2O3S2. The first-order valence-electron chi connectivity index (χ1n) is 5.70. The van der Waals surface area contributed by atoms with Crippen LogP contribution in [0.15, 0.2) is 0 Å². The Hall–Kier alpha value is -1.08. The Morgan fingerprint density at radius 1 is 1.47 bits per heavy atom. The van der Waals surface area contributed by atoms with E-state index in [1.807, 2.05) is 6.26 Å². The SMILES string of the molecule is COC(=O)c1nc(NCC(C)(C)SC)sc1C(C)=O. The molecule has 19 heavy (non-hydrogen) atoms.